The molecule has 1 aromatic rings. The molecule has 0 aliphatic carbocycles. The van der Waals surface area contributed by atoms with Crippen LogP contribution in [0.25, 0.3) is 0 Å². The van der Waals surface area contributed by atoms with Crippen LogP contribution in [0, 0.1) is 10.1 Å². The highest BCUT2D eigenvalue weighted by atomic mass is 19.4. The highest BCUT2D eigenvalue weighted by Crippen LogP contribution is 2.39. The topological polar surface area (TPSA) is 61.6 Å². The summed E-state index contributed by atoms with van der Waals surface area (Å²) in [6.45, 7) is -2.13. The molecule has 2 rings (SSSR count). The van der Waals surface area contributed by atoms with Gasteiger partial charge in [-0.25, -0.2) is 0 Å². The van der Waals surface area contributed by atoms with E-state index in [1.165, 1.54) is 0 Å². The third-order valence-electron chi connectivity index (χ3n) is 2.90. The summed E-state index contributed by atoms with van der Waals surface area (Å²) in [4.78, 5) is 9.30. The van der Waals surface area contributed by atoms with Gasteiger partial charge in [-0.15, -0.1) is 0 Å². The van der Waals surface area contributed by atoms with Crippen molar-refractivity contribution in [2.24, 2.45) is 0 Å². The molecule has 0 amide bonds. The maximum Gasteiger partial charge on any atom is 0.465 e. The van der Waals surface area contributed by atoms with Gasteiger partial charge in [-0.1, -0.05) is 30.3 Å². The lowest BCUT2D eigenvalue weighted by molar-refractivity contribution is -0.632. The summed E-state index contributed by atoms with van der Waals surface area (Å²) in [5.41, 5.74) is -2.68. The second-order valence-electron chi connectivity index (χ2n) is 4.15. The van der Waals surface area contributed by atoms with Gasteiger partial charge in [0.15, 0.2) is 6.29 Å². The molecule has 104 valence electrons. The molecule has 0 spiro atoms. The highest BCUT2D eigenvalue weighted by Gasteiger charge is 2.68. The van der Waals surface area contributed by atoms with Crippen LogP contribution in [0.1, 0.15) is 11.9 Å². The van der Waals surface area contributed by atoms with E-state index in [2.05, 4.69) is 0 Å². The first-order valence-electron chi connectivity index (χ1n) is 5.36. The molecule has 0 bridgehead atoms. The maximum atomic E-state index is 12.8. The van der Waals surface area contributed by atoms with Crippen LogP contribution in [-0.2, 0) is 9.47 Å². The van der Waals surface area contributed by atoms with Crippen molar-refractivity contribution in [2.45, 2.75) is 18.0 Å². The second-order valence-corrected chi connectivity index (χ2v) is 4.15. The first-order chi connectivity index (χ1) is 8.87. The lowest BCUT2D eigenvalue weighted by Gasteiger charge is -2.34. The Bertz CT molecular complexity index is 455. The summed E-state index contributed by atoms with van der Waals surface area (Å²) in [7, 11) is 0. The summed E-state index contributed by atoms with van der Waals surface area (Å²) in [6, 6.07) is 8.28. The van der Waals surface area contributed by atoms with Crippen LogP contribution in [0.15, 0.2) is 30.3 Å². The van der Waals surface area contributed by atoms with Crippen LogP contribution >= 0.6 is 0 Å². The molecule has 1 fully saturated rings. The highest BCUT2D eigenvalue weighted by molar-refractivity contribution is 5.16. The molecule has 5 nitrogen and oxygen atoms in total. The van der Waals surface area contributed by atoms with E-state index in [-0.39, 0.29) is 0 Å². The average molecular weight is 277 g/mol. The van der Waals surface area contributed by atoms with Gasteiger partial charge >= 0.3 is 11.7 Å². The van der Waals surface area contributed by atoms with Gasteiger partial charge in [-0.2, -0.15) is 13.2 Å². The van der Waals surface area contributed by atoms with Crippen molar-refractivity contribution < 1.29 is 27.6 Å². The van der Waals surface area contributed by atoms with Crippen molar-refractivity contribution >= 4 is 0 Å². The first kappa shape index (κ1) is 13.8. The minimum atomic E-state index is -5.03. The van der Waals surface area contributed by atoms with E-state index in [0.717, 1.165) is 0 Å². The Morgan fingerprint density at radius 3 is 2.16 bits per heavy atom. The van der Waals surface area contributed by atoms with Crippen LogP contribution in [-0.4, -0.2) is 29.9 Å². The Labute approximate surface area is 106 Å². The number of nitrogens with zero attached hydrogens (tertiary/aromatic N) is 1. The van der Waals surface area contributed by atoms with Crippen LogP contribution in [0.5, 0.6) is 0 Å². The molecule has 0 radical (unpaired) electrons. The quantitative estimate of drug-likeness (QED) is 0.614. The summed E-state index contributed by atoms with van der Waals surface area (Å²) in [5.74, 6) is 0. The van der Waals surface area contributed by atoms with E-state index in [4.69, 9.17) is 9.47 Å². The van der Waals surface area contributed by atoms with E-state index in [1.54, 1.807) is 30.3 Å². The lowest BCUT2D eigenvalue weighted by atomic mass is 10.0. The number of benzene rings is 1. The fourth-order valence-corrected chi connectivity index (χ4v) is 1.69. The van der Waals surface area contributed by atoms with Crippen LogP contribution in [0.3, 0.4) is 0 Å². The lowest BCUT2D eigenvalue weighted by Crippen LogP contribution is -2.61. The van der Waals surface area contributed by atoms with Crippen molar-refractivity contribution in [3.05, 3.63) is 46.0 Å². The molecule has 1 aliphatic heterocycles. The molecule has 0 N–H and O–H groups in total. The minimum Gasteiger partial charge on any atom is -0.340 e. The number of halogens is 3. The van der Waals surface area contributed by atoms with Gasteiger partial charge in [-0.3, -0.25) is 10.1 Å². The standard InChI is InChI=1S/C11H10F3NO4/c12-11(13,14)10(15(16)17)6-18-9(19-7-10)8-4-2-1-3-5-8/h1-5,9H,6-7H2. The Kier molecular flexibility index (Phi) is 3.46. The second kappa shape index (κ2) is 4.78. The van der Waals surface area contributed by atoms with Gasteiger partial charge < -0.3 is 9.47 Å². The Hall–Kier alpha value is -1.67. The van der Waals surface area contributed by atoms with E-state index >= 15 is 0 Å². The van der Waals surface area contributed by atoms with Crippen molar-refractivity contribution in [2.75, 3.05) is 13.2 Å². The fraction of sp³-hybridized carbons (Fsp3) is 0.455. The van der Waals surface area contributed by atoms with Gasteiger partial charge in [0.1, 0.15) is 13.2 Å². The van der Waals surface area contributed by atoms with E-state index in [1.807, 2.05) is 0 Å². The largest absolute Gasteiger partial charge is 0.465 e. The fourth-order valence-electron chi connectivity index (χ4n) is 1.69. The molecule has 0 unspecified atom stereocenters. The average Bonchev–Trinajstić information content (AvgIpc) is 2.38. The normalized spacial score (nSPS) is 28.1. The molecule has 1 aliphatic rings. The predicted molar refractivity (Wildman–Crippen MR) is 56.9 cm³/mol. The zero-order valence-electron chi connectivity index (χ0n) is 9.59. The van der Waals surface area contributed by atoms with Crippen molar-refractivity contribution in [3.8, 4) is 0 Å². The van der Waals surface area contributed by atoms with Crippen LogP contribution in [0.4, 0.5) is 13.2 Å². The van der Waals surface area contributed by atoms with E-state index in [9.17, 15) is 23.3 Å². The third-order valence-corrected chi connectivity index (χ3v) is 2.90. The van der Waals surface area contributed by atoms with Crippen LogP contribution < -0.4 is 0 Å². The minimum absolute atomic E-state index is 0.515. The number of hydrogen-bond acceptors (Lipinski definition) is 4. The summed E-state index contributed by atoms with van der Waals surface area (Å²) < 4.78 is 48.1. The number of nitro groups is 1. The van der Waals surface area contributed by atoms with Crippen LogP contribution in [0.2, 0.25) is 0 Å². The number of rotatable bonds is 2. The molecular weight excluding hydrogens is 267 g/mol. The van der Waals surface area contributed by atoms with Gasteiger partial charge in [-0.05, 0) is 0 Å². The summed E-state index contributed by atoms with van der Waals surface area (Å²) in [6.07, 6.45) is -6.05. The third kappa shape index (κ3) is 2.41. The maximum absolute atomic E-state index is 12.8. The van der Waals surface area contributed by atoms with Crippen molar-refractivity contribution in [1.29, 1.82) is 0 Å². The van der Waals surface area contributed by atoms with Gasteiger partial charge in [0.05, 0.1) is 0 Å². The zero-order valence-corrected chi connectivity index (χ0v) is 9.59. The molecule has 8 heteroatoms. The predicted octanol–water partition coefficient (Wildman–Crippen LogP) is 2.31. The Morgan fingerprint density at radius 1 is 1.21 bits per heavy atom. The molecule has 0 aromatic heterocycles. The molecule has 1 aromatic carbocycles. The number of alkyl halides is 3. The molecule has 1 saturated heterocycles. The first-order valence-corrected chi connectivity index (χ1v) is 5.36. The smallest absolute Gasteiger partial charge is 0.340 e. The SMILES string of the molecule is O=[N+]([O-])C1(C(F)(F)F)COC(c2ccccc2)OC1. The van der Waals surface area contributed by atoms with E-state index < -0.39 is 36.1 Å². The summed E-state index contributed by atoms with van der Waals surface area (Å²) in [5, 5.41) is 10.7. The molecule has 0 atom stereocenters. The zero-order chi connectivity index (χ0) is 14.1. The van der Waals surface area contributed by atoms with Gasteiger partial charge in [0.2, 0.25) is 0 Å². The van der Waals surface area contributed by atoms with Gasteiger partial charge in [0.25, 0.3) is 0 Å². The Morgan fingerprint density at radius 2 is 1.74 bits per heavy atom. The monoisotopic (exact) mass is 277 g/mol. The molecule has 0 saturated carbocycles. The van der Waals surface area contributed by atoms with Crippen molar-refractivity contribution in [3.63, 3.8) is 0 Å². The van der Waals surface area contributed by atoms with E-state index in [0.29, 0.717) is 5.56 Å². The van der Waals surface area contributed by atoms with Crippen molar-refractivity contribution in [1.82, 2.24) is 0 Å². The number of hydrogen-bond donors (Lipinski definition) is 0. The summed E-state index contributed by atoms with van der Waals surface area (Å²) >= 11 is 0. The Balaban J connectivity index is 2.15. The molecular formula is C11H10F3NO4. The molecule has 19 heavy (non-hydrogen) atoms. The number of ether oxygens (including phenoxy) is 2. The van der Waals surface area contributed by atoms with Gasteiger partial charge in [0, 0.05) is 10.5 Å². The molecule has 1 heterocycles.